The number of benzene rings is 2. The minimum atomic E-state index is -0.0782. The summed E-state index contributed by atoms with van der Waals surface area (Å²) in [5.41, 5.74) is 4.25. The third kappa shape index (κ3) is 6.73. The standard InChI is InChI=1S/C30H33N5O2S/c1-30(2,3)37-23-13-16-35(17-14-23)19-21-8-10-22(11-9-21)20-36-29-32-15-12-25(34-29)24(18-31)28-33-26-6-4-5-7-27(26)38-28/h4-12,15,23,33H,13-14,16-17,19-20H2,1-3H3. The maximum atomic E-state index is 9.85. The molecule has 2 aliphatic heterocycles. The third-order valence-electron chi connectivity index (χ3n) is 6.43. The molecule has 0 spiro atoms. The van der Waals surface area contributed by atoms with Crippen molar-refractivity contribution in [2.75, 3.05) is 18.4 Å². The molecule has 0 bridgehead atoms. The van der Waals surface area contributed by atoms with Crippen molar-refractivity contribution in [3.8, 4) is 12.1 Å². The molecule has 8 heteroatoms. The van der Waals surface area contributed by atoms with Gasteiger partial charge in [-0.25, -0.2) is 4.98 Å². The highest BCUT2D eigenvalue weighted by Gasteiger charge is 2.24. The minimum Gasteiger partial charge on any atom is -0.459 e. The Balaban J connectivity index is 1.15. The molecule has 0 atom stereocenters. The van der Waals surface area contributed by atoms with Crippen LogP contribution in [0.1, 0.15) is 50.4 Å². The van der Waals surface area contributed by atoms with Crippen LogP contribution in [0.15, 0.2) is 70.7 Å². The molecule has 5 rings (SSSR count). The first-order valence-corrected chi connectivity index (χ1v) is 13.8. The Morgan fingerprint density at radius 2 is 1.82 bits per heavy atom. The van der Waals surface area contributed by atoms with Crippen LogP contribution in [-0.2, 0) is 17.9 Å². The summed E-state index contributed by atoms with van der Waals surface area (Å²) < 4.78 is 12.0. The highest BCUT2D eigenvalue weighted by atomic mass is 32.2. The summed E-state index contributed by atoms with van der Waals surface area (Å²) in [6.07, 6.45) is 4.14. The number of anilines is 1. The lowest BCUT2D eigenvalue weighted by atomic mass is 10.0. The van der Waals surface area contributed by atoms with Gasteiger partial charge < -0.3 is 14.8 Å². The van der Waals surface area contributed by atoms with Crippen molar-refractivity contribution in [2.45, 2.75) is 63.4 Å². The van der Waals surface area contributed by atoms with E-state index in [1.165, 1.54) is 17.3 Å². The van der Waals surface area contributed by atoms with Gasteiger partial charge in [-0.05, 0) is 62.9 Å². The molecule has 1 N–H and O–H groups in total. The van der Waals surface area contributed by atoms with Crippen LogP contribution in [0.5, 0.6) is 6.01 Å². The molecule has 0 saturated carbocycles. The van der Waals surface area contributed by atoms with Gasteiger partial charge in [0.2, 0.25) is 0 Å². The van der Waals surface area contributed by atoms with E-state index in [-0.39, 0.29) is 11.6 Å². The Bertz CT molecular complexity index is 1310. The number of nitriles is 1. The number of hydrogen-bond acceptors (Lipinski definition) is 8. The van der Waals surface area contributed by atoms with E-state index in [0.717, 1.165) is 53.7 Å². The van der Waals surface area contributed by atoms with Crippen LogP contribution in [0.4, 0.5) is 5.69 Å². The topological polar surface area (TPSA) is 83.3 Å². The zero-order valence-electron chi connectivity index (χ0n) is 22.1. The lowest BCUT2D eigenvalue weighted by molar-refractivity contribution is -0.0827. The van der Waals surface area contributed by atoms with Crippen molar-refractivity contribution < 1.29 is 9.47 Å². The van der Waals surface area contributed by atoms with Crippen molar-refractivity contribution >= 4 is 23.0 Å². The van der Waals surface area contributed by atoms with Crippen LogP contribution in [0.3, 0.4) is 0 Å². The molecule has 1 aromatic heterocycles. The Morgan fingerprint density at radius 3 is 2.53 bits per heavy atom. The number of piperidine rings is 1. The Morgan fingerprint density at radius 1 is 1.08 bits per heavy atom. The fourth-order valence-corrected chi connectivity index (χ4v) is 5.65. The second kappa shape index (κ2) is 11.6. The van der Waals surface area contributed by atoms with Crippen LogP contribution >= 0.6 is 11.8 Å². The van der Waals surface area contributed by atoms with E-state index in [4.69, 9.17) is 9.47 Å². The fraction of sp³-hybridized carbons (Fsp3) is 0.367. The van der Waals surface area contributed by atoms with Gasteiger partial charge in [0.1, 0.15) is 18.2 Å². The summed E-state index contributed by atoms with van der Waals surface area (Å²) >= 11 is 1.53. The number of aromatic nitrogens is 2. The van der Waals surface area contributed by atoms with Crippen LogP contribution in [0, 0.1) is 11.3 Å². The lowest BCUT2D eigenvalue weighted by Gasteiger charge is -2.35. The zero-order valence-corrected chi connectivity index (χ0v) is 22.9. The van der Waals surface area contributed by atoms with Crippen molar-refractivity contribution in [1.29, 1.82) is 5.26 Å². The summed E-state index contributed by atoms with van der Waals surface area (Å²) in [6, 6.07) is 20.7. The number of rotatable bonds is 7. The number of likely N-dealkylation sites (tertiary alicyclic amines) is 1. The summed E-state index contributed by atoms with van der Waals surface area (Å²) in [5.74, 6) is 0. The van der Waals surface area contributed by atoms with E-state index < -0.39 is 0 Å². The number of thioether (sulfide) groups is 1. The Labute approximate surface area is 228 Å². The van der Waals surface area contributed by atoms with E-state index in [0.29, 0.717) is 24.0 Å². The molecule has 3 heterocycles. The number of nitrogens with one attached hydrogen (secondary N) is 1. The second-order valence-corrected chi connectivity index (χ2v) is 11.6. The van der Waals surface area contributed by atoms with Crippen molar-refractivity contribution in [2.24, 2.45) is 0 Å². The maximum Gasteiger partial charge on any atom is 0.317 e. The van der Waals surface area contributed by atoms with Gasteiger partial charge in [0, 0.05) is 30.7 Å². The number of allylic oxidation sites excluding steroid dienone is 1. The molecule has 0 unspecified atom stereocenters. The summed E-state index contributed by atoms with van der Waals surface area (Å²) in [5, 5.41) is 13.9. The molecule has 2 aromatic carbocycles. The number of nitrogens with zero attached hydrogens (tertiary/aromatic N) is 4. The molecule has 196 valence electrons. The number of ether oxygens (including phenoxy) is 2. The van der Waals surface area contributed by atoms with E-state index in [9.17, 15) is 5.26 Å². The molecule has 0 aliphatic carbocycles. The van der Waals surface area contributed by atoms with Crippen LogP contribution in [0.25, 0.3) is 5.57 Å². The van der Waals surface area contributed by atoms with E-state index in [1.54, 1.807) is 12.3 Å². The zero-order chi connectivity index (χ0) is 26.5. The monoisotopic (exact) mass is 527 g/mol. The molecule has 0 radical (unpaired) electrons. The summed E-state index contributed by atoms with van der Waals surface area (Å²) in [4.78, 5) is 12.3. The van der Waals surface area contributed by atoms with Crippen molar-refractivity contribution in [1.82, 2.24) is 14.9 Å². The normalized spacial score (nSPS) is 17.4. The molecule has 0 amide bonds. The molecule has 7 nitrogen and oxygen atoms in total. The smallest absolute Gasteiger partial charge is 0.317 e. The maximum absolute atomic E-state index is 9.85. The SMILES string of the molecule is CC(C)(C)OC1CCN(Cc2ccc(COc3nccc(C(C#N)=C4Nc5ccccc5S4)n3)cc2)CC1. The van der Waals surface area contributed by atoms with Gasteiger partial charge in [-0.15, -0.1) is 0 Å². The van der Waals surface area contributed by atoms with E-state index >= 15 is 0 Å². The van der Waals surface area contributed by atoms with Gasteiger partial charge in [0.25, 0.3) is 0 Å². The second-order valence-electron chi connectivity index (χ2n) is 10.6. The Kier molecular flexibility index (Phi) is 7.98. The first-order chi connectivity index (χ1) is 18.4. The first-order valence-electron chi connectivity index (χ1n) is 13.0. The predicted octanol–water partition coefficient (Wildman–Crippen LogP) is 6.25. The fourth-order valence-electron chi connectivity index (χ4n) is 4.64. The molecule has 3 aromatic rings. The van der Waals surface area contributed by atoms with Crippen molar-refractivity contribution in [3.63, 3.8) is 0 Å². The van der Waals surface area contributed by atoms with Crippen LogP contribution in [0.2, 0.25) is 0 Å². The van der Waals surface area contributed by atoms with E-state index in [2.05, 4.69) is 71.3 Å². The Hall–Kier alpha value is -3.38. The van der Waals surface area contributed by atoms with Crippen LogP contribution < -0.4 is 10.1 Å². The van der Waals surface area contributed by atoms with Gasteiger partial charge in [-0.2, -0.15) is 10.2 Å². The molecule has 1 saturated heterocycles. The van der Waals surface area contributed by atoms with Crippen molar-refractivity contribution in [3.05, 3.63) is 82.6 Å². The van der Waals surface area contributed by atoms with Gasteiger partial charge in [-0.1, -0.05) is 48.2 Å². The average Bonchev–Trinajstić information content (AvgIpc) is 3.33. The van der Waals surface area contributed by atoms with Gasteiger partial charge >= 0.3 is 6.01 Å². The number of para-hydroxylation sites is 1. The summed E-state index contributed by atoms with van der Waals surface area (Å²) in [6.45, 7) is 9.79. The molecule has 38 heavy (non-hydrogen) atoms. The van der Waals surface area contributed by atoms with Gasteiger partial charge in [-0.3, -0.25) is 4.90 Å². The van der Waals surface area contributed by atoms with Crippen LogP contribution in [-0.4, -0.2) is 39.7 Å². The lowest BCUT2D eigenvalue weighted by Crippen LogP contribution is -2.39. The quantitative estimate of drug-likeness (QED) is 0.361. The van der Waals surface area contributed by atoms with Gasteiger partial charge in [0.05, 0.1) is 28.1 Å². The van der Waals surface area contributed by atoms with E-state index in [1.807, 2.05) is 24.3 Å². The molecular weight excluding hydrogens is 494 g/mol. The van der Waals surface area contributed by atoms with Gasteiger partial charge in [0.15, 0.2) is 0 Å². The first kappa shape index (κ1) is 26.2. The highest BCUT2D eigenvalue weighted by Crippen LogP contribution is 2.43. The molecule has 2 aliphatic rings. The highest BCUT2D eigenvalue weighted by molar-refractivity contribution is 8.04. The molecular formula is C30H33N5O2S. The number of hydrogen-bond donors (Lipinski definition) is 1. The minimum absolute atomic E-state index is 0.0782. The number of fused-ring (bicyclic) bond motifs is 1. The summed E-state index contributed by atoms with van der Waals surface area (Å²) in [7, 11) is 0. The average molecular weight is 528 g/mol. The largest absolute Gasteiger partial charge is 0.459 e. The predicted molar refractivity (Wildman–Crippen MR) is 150 cm³/mol. The molecule has 1 fully saturated rings. The third-order valence-corrected chi connectivity index (χ3v) is 7.51.